The van der Waals surface area contributed by atoms with Crippen molar-refractivity contribution in [1.29, 1.82) is 0 Å². The van der Waals surface area contributed by atoms with Crippen LogP contribution in [-0.2, 0) is 4.74 Å². The first-order chi connectivity index (χ1) is 13.1. The van der Waals surface area contributed by atoms with Crippen LogP contribution in [0.3, 0.4) is 0 Å². The minimum Gasteiger partial charge on any atom is -0.506 e. The van der Waals surface area contributed by atoms with Gasteiger partial charge < -0.3 is 15.2 Å². The molecule has 27 heavy (non-hydrogen) atoms. The molecule has 0 atom stereocenters. The molecule has 0 saturated heterocycles. The van der Waals surface area contributed by atoms with Gasteiger partial charge in [-0.1, -0.05) is 18.6 Å². The summed E-state index contributed by atoms with van der Waals surface area (Å²) in [5, 5.41) is 13.9. The second-order valence-corrected chi connectivity index (χ2v) is 7.77. The van der Waals surface area contributed by atoms with E-state index >= 15 is 0 Å². The lowest BCUT2D eigenvalue weighted by atomic mass is 9.98. The summed E-state index contributed by atoms with van der Waals surface area (Å²) in [4.78, 5) is 22.6. The van der Waals surface area contributed by atoms with Gasteiger partial charge in [0.05, 0.1) is 11.1 Å². The normalized spacial score (nSPS) is 15.0. The van der Waals surface area contributed by atoms with Crippen LogP contribution in [0, 0.1) is 6.92 Å². The van der Waals surface area contributed by atoms with Crippen molar-refractivity contribution in [2.24, 2.45) is 0 Å². The molecule has 0 unspecified atom stereocenters. The number of anilines is 2. The van der Waals surface area contributed by atoms with Crippen LogP contribution >= 0.6 is 11.3 Å². The number of carbonyl (C=O) groups excluding carboxylic acids is 1. The molecule has 4 rings (SSSR count). The third-order valence-electron chi connectivity index (χ3n) is 4.90. The van der Waals surface area contributed by atoms with E-state index in [0.29, 0.717) is 16.4 Å². The summed E-state index contributed by atoms with van der Waals surface area (Å²) in [6, 6.07) is 6.95. The fraction of sp³-hybridized carbons (Fsp3) is 0.350. The number of phenols is 1. The largest absolute Gasteiger partial charge is 0.506 e. The highest BCUT2D eigenvalue weighted by atomic mass is 32.1. The Bertz CT molecular complexity index is 980. The lowest BCUT2D eigenvalue weighted by Crippen LogP contribution is -2.20. The Morgan fingerprint density at radius 3 is 2.78 bits per heavy atom. The van der Waals surface area contributed by atoms with Gasteiger partial charge in [-0.3, -0.25) is 0 Å². The molecule has 0 spiro atoms. The SMILES string of the molecule is Cc1c(C(=O)OC2CCCCC2)sc2ncnc(Nc3ccccc3O)c12. The van der Waals surface area contributed by atoms with E-state index in [-0.39, 0.29) is 17.8 Å². The number of phenolic OH excluding ortho intramolecular Hbond substituents is 1. The van der Waals surface area contributed by atoms with Gasteiger partial charge in [-0.25, -0.2) is 14.8 Å². The van der Waals surface area contributed by atoms with Crippen molar-refractivity contribution < 1.29 is 14.6 Å². The maximum atomic E-state index is 12.7. The Kier molecular flexibility index (Phi) is 4.94. The average molecular weight is 383 g/mol. The molecule has 2 aromatic heterocycles. The summed E-state index contributed by atoms with van der Waals surface area (Å²) in [5.41, 5.74) is 1.35. The van der Waals surface area contributed by atoms with Gasteiger partial charge in [0, 0.05) is 0 Å². The van der Waals surface area contributed by atoms with Crippen molar-refractivity contribution in [3.05, 3.63) is 41.0 Å². The first-order valence-corrected chi connectivity index (χ1v) is 9.95. The zero-order valence-electron chi connectivity index (χ0n) is 15.1. The van der Waals surface area contributed by atoms with Crippen LogP contribution in [-0.4, -0.2) is 27.1 Å². The molecular formula is C20H21N3O3S. The number of thiophene rings is 1. The molecule has 1 aliphatic rings. The molecule has 0 aliphatic heterocycles. The molecule has 140 valence electrons. The number of para-hydroxylation sites is 2. The Labute approximate surface area is 161 Å². The van der Waals surface area contributed by atoms with E-state index in [1.54, 1.807) is 18.2 Å². The van der Waals surface area contributed by atoms with Gasteiger partial charge in [-0.05, 0) is 50.3 Å². The van der Waals surface area contributed by atoms with Crippen molar-refractivity contribution >= 4 is 39.0 Å². The van der Waals surface area contributed by atoms with Gasteiger partial charge >= 0.3 is 5.97 Å². The van der Waals surface area contributed by atoms with E-state index in [9.17, 15) is 9.90 Å². The fourth-order valence-electron chi connectivity index (χ4n) is 3.46. The van der Waals surface area contributed by atoms with Crippen molar-refractivity contribution in [2.75, 3.05) is 5.32 Å². The topological polar surface area (TPSA) is 84.3 Å². The lowest BCUT2D eigenvalue weighted by molar-refractivity contribution is 0.0216. The minimum absolute atomic E-state index is 0.0146. The van der Waals surface area contributed by atoms with Gasteiger partial charge in [0.25, 0.3) is 0 Å². The van der Waals surface area contributed by atoms with Crippen LogP contribution in [0.4, 0.5) is 11.5 Å². The maximum absolute atomic E-state index is 12.7. The number of hydrogen-bond acceptors (Lipinski definition) is 7. The standard InChI is InChI=1S/C20H21N3O3S/c1-12-16-18(23-14-9-5-6-10-15(14)24)21-11-22-19(16)27-17(12)20(25)26-13-7-3-2-4-8-13/h5-6,9-11,13,24H,2-4,7-8H2,1H3,(H,21,22,23). The Hall–Kier alpha value is -2.67. The zero-order valence-corrected chi connectivity index (χ0v) is 15.9. The lowest BCUT2D eigenvalue weighted by Gasteiger charge is -2.21. The second kappa shape index (κ2) is 7.52. The number of hydrogen-bond donors (Lipinski definition) is 2. The number of nitrogens with zero attached hydrogens (tertiary/aromatic N) is 2. The van der Waals surface area contributed by atoms with E-state index in [1.165, 1.54) is 24.1 Å². The van der Waals surface area contributed by atoms with Crippen molar-refractivity contribution in [3.8, 4) is 5.75 Å². The van der Waals surface area contributed by atoms with Gasteiger partial charge in [-0.2, -0.15) is 0 Å². The van der Waals surface area contributed by atoms with Gasteiger partial charge in [0.15, 0.2) is 0 Å². The maximum Gasteiger partial charge on any atom is 0.348 e. The monoisotopic (exact) mass is 383 g/mol. The summed E-state index contributed by atoms with van der Waals surface area (Å²) < 4.78 is 5.73. The number of esters is 1. The van der Waals surface area contributed by atoms with Crippen molar-refractivity contribution in [2.45, 2.75) is 45.1 Å². The Balaban J connectivity index is 1.65. The average Bonchev–Trinajstić information content (AvgIpc) is 3.02. The van der Waals surface area contributed by atoms with Crippen LogP contribution in [0.2, 0.25) is 0 Å². The van der Waals surface area contributed by atoms with Crippen LogP contribution in [0.15, 0.2) is 30.6 Å². The van der Waals surface area contributed by atoms with Gasteiger partial charge in [-0.15, -0.1) is 11.3 Å². The molecule has 0 radical (unpaired) electrons. The number of benzene rings is 1. The predicted octanol–water partition coefficient (Wildman–Crippen LogP) is 4.94. The highest BCUT2D eigenvalue weighted by Gasteiger charge is 2.24. The smallest absolute Gasteiger partial charge is 0.348 e. The Morgan fingerprint density at radius 1 is 1.22 bits per heavy atom. The molecule has 1 fully saturated rings. The van der Waals surface area contributed by atoms with Crippen LogP contribution in [0.5, 0.6) is 5.75 Å². The highest BCUT2D eigenvalue weighted by molar-refractivity contribution is 7.20. The number of rotatable bonds is 4. The zero-order chi connectivity index (χ0) is 18.8. The molecule has 1 saturated carbocycles. The number of nitrogens with one attached hydrogen (secondary N) is 1. The molecule has 2 heterocycles. The molecule has 6 nitrogen and oxygen atoms in total. The van der Waals surface area contributed by atoms with Crippen LogP contribution in [0.1, 0.15) is 47.3 Å². The number of carbonyl (C=O) groups is 1. The molecule has 7 heteroatoms. The van der Waals surface area contributed by atoms with E-state index in [0.717, 1.165) is 41.5 Å². The molecule has 0 amide bonds. The fourth-order valence-corrected chi connectivity index (χ4v) is 4.49. The first kappa shape index (κ1) is 17.7. The third-order valence-corrected chi connectivity index (χ3v) is 6.08. The number of aromatic nitrogens is 2. The molecular weight excluding hydrogens is 362 g/mol. The van der Waals surface area contributed by atoms with E-state index in [1.807, 2.05) is 13.0 Å². The summed E-state index contributed by atoms with van der Waals surface area (Å²) in [6.45, 7) is 1.88. The van der Waals surface area contributed by atoms with Crippen LogP contribution in [0.25, 0.3) is 10.2 Å². The predicted molar refractivity (Wildman–Crippen MR) is 106 cm³/mol. The number of aryl methyl sites for hydroxylation is 1. The van der Waals surface area contributed by atoms with Gasteiger partial charge in [0.2, 0.25) is 0 Å². The highest BCUT2D eigenvalue weighted by Crippen LogP contribution is 2.36. The molecule has 2 N–H and O–H groups in total. The van der Waals surface area contributed by atoms with Crippen molar-refractivity contribution in [1.82, 2.24) is 9.97 Å². The molecule has 0 bridgehead atoms. The van der Waals surface area contributed by atoms with E-state index < -0.39 is 0 Å². The number of fused-ring (bicyclic) bond motifs is 1. The number of ether oxygens (including phenoxy) is 1. The van der Waals surface area contributed by atoms with Crippen molar-refractivity contribution in [3.63, 3.8) is 0 Å². The second-order valence-electron chi connectivity index (χ2n) is 6.77. The van der Waals surface area contributed by atoms with Gasteiger partial charge in [0.1, 0.15) is 33.7 Å². The molecule has 1 aliphatic carbocycles. The van der Waals surface area contributed by atoms with E-state index in [4.69, 9.17) is 4.74 Å². The summed E-state index contributed by atoms with van der Waals surface area (Å²) in [5.74, 6) is 0.414. The summed E-state index contributed by atoms with van der Waals surface area (Å²) in [6.07, 6.45) is 6.79. The van der Waals surface area contributed by atoms with E-state index in [2.05, 4.69) is 15.3 Å². The quantitative estimate of drug-likeness (QED) is 0.490. The molecule has 1 aromatic carbocycles. The number of aromatic hydroxyl groups is 1. The molecule has 3 aromatic rings. The Morgan fingerprint density at radius 2 is 2.00 bits per heavy atom. The third kappa shape index (κ3) is 3.60. The summed E-state index contributed by atoms with van der Waals surface area (Å²) in [7, 11) is 0. The first-order valence-electron chi connectivity index (χ1n) is 9.13. The summed E-state index contributed by atoms with van der Waals surface area (Å²) >= 11 is 1.32. The van der Waals surface area contributed by atoms with Crippen LogP contribution < -0.4 is 5.32 Å². The minimum atomic E-state index is -0.282.